The van der Waals surface area contributed by atoms with E-state index in [0.717, 1.165) is 5.56 Å². The van der Waals surface area contributed by atoms with Crippen LogP contribution in [0.1, 0.15) is 11.1 Å². The van der Waals surface area contributed by atoms with Crippen molar-refractivity contribution in [1.29, 1.82) is 0 Å². The summed E-state index contributed by atoms with van der Waals surface area (Å²) in [5.74, 6) is 0.146. The third kappa shape index (κ3) is 1.72. The van der Waals surface area contributed by atoms with Crippen molar-refractivity contribution in [2.45, 2.75) is 11.8 Å². The van der Waals surface area contributed by atoms with Gasteiger partial charge in [-0.2, -0.15) is 0 Å². The maximum Gasteiger partial charge on any atom is 0.174 e. The van der Waals surface area contributed by atoms with Crippen molar-refractivity contribution >= 4 is 11.6 Å². The molecule has 0 saturated heterocycles. The van der Waals surface area contributed by atoms with Crippen LogP contribution in [0.5, 0.6) is 5.75 Å². The molecular formula is C14H12ClFN2O. The fourth-order valence-electron chi connectivity index (χ4n) is 2.37. The molecule has 0 aliphatic carbocycles. The summed E-state index contributed by atoms with van der Waals surface area (Å²) in [5.41, 5.74) is 12.8. The van der Waals surface area contributed by atoms with Crippen LogP contribution in [0.3, 0.4) is 0 Å². The molecule has 4 N–H and O–H groups in total. The third-order valence-corrected chi connectivity index (χ3v) is 3.72. The topological polar surface area (TPSA) is 61.3 Å². The molecule has 1 heterocycles. The lowest BCUT2D eigenvalue weighted by atomic mass is 9.83. The van der Waals surface area contributed by atoms with Gasteiger partial charge in [0.25, 0.3) is 0 Å². The number of para-hydroxylation sites is 1. The van der Waals surface area contributed by atoms with E-state index in [-0.39, 0.29) is 5.02 Å². The van der Waals surface area contributed by atoms with E-state index in [0.29, 0.717) is 11.3 Å². The first-order chi connectivity index (χ1) is 9.03. The van der Waals surface area contributed by atoms with Crippen LogP contribution in [-0.2, 0) is 5.54 Å². The monoisotopic (exact) mass is 278 g/mol. The van der Waals surface area contributed by atoms with Crippen LogP contribution in [0.4, 0.5) is 4.39 Å². The van der Waals surface area contributed by atoms with E-state index in [1.165, 1.54) is 12.1 Å². The third-order valence-electron chi connectivity index (χ3n) is 3.43. The van der Waals surface area contributed by atoms with E-state index < -0.39 is 17.6 Å². The van der Waals surface area contributed by atoms with Crippen molar-refractivity contribution in [2.24, 2.45) is 11.5 Å². The Hall–Kier alpha value is -1.62. The van der Waals surface area contributed by atoms with E-state index in [9.17, 15) is 4.39 Å². The summed E-state index contributed by atoms with van der Waals surface area (Å²) in [7, 11) is 0. The molecule has 3 rings (SSSR count). The van der Waals surface area contributed by atoms with Crippen LogP contribution in [0.2, 0.25) is 5.02 Å². The quantitative estimate of drug-likeness (QED) is 0.842. The van der Waals surface area contributed by atoms with Gasteiger partial charge in [0.05, 0.1) is 5.02 Å². The van der Waals surface area contributed by atoms with Gasteiger partial charge in [-0.3, -0.25) is 5.73 Å². The summed E-state index contributed by atoms with van der Waals surface area (Å²) in [6, 6.07) is 11.7. The number of nitrogens with two attached hydrogens (primary N) is 2. The van der Waals surface area contributed by atoms with Gasteiger partial charge < -0.3 is 10.5 Å². The first-order valence-corrected chi connectivity index (χ1v) is 6.17. The fraction of sp³-hybridized carbons (Fsp3) is 0.143. The van der Waals surface area contributed by atoms with Gasteiger partial charge in [0.1, 0.15) is 17.1 Å². The maximum absolute atomic E-state index is 13.3. The smallest absolute Gasteiger partial charge is 0.174 e. The van der Waals surface area contributed by atoms with Crippen LogP contribution in [0.25, 0.3) is 0 Å². The molecule has 3 nitrogen and oxygen atoms in total. The van der Waals surface area contributed by atoms with Crippen molar-refractivity contribution in [3.8, 4) is 5.75 Å². The number of rotatable bonds is 1. The minimum atomic E-state index is -1.03. The van der Waals surface area contributed by atoms with Crippen molar-refractivity contribution in [3.63, 3.8) is 0 Å². The van der Waals surface area contributed by atoms with E-state index in [2.05, 4.69) is 0 Å². The zero-order valence-corrected chi connectivity index (χ0v) is 10.7. The number of fused-ring (bicyclic) bond motifs is 1. The molecule has 19 heavy (non-hydrogen) atoms. The molecule has 2 aromatic carbocycles. The zero-order chi connectivity index (χ0) is 13.6. The van der Waals surface area contributed by atoms with E-state index >= 15 is 0 Å². The van der Waals surface area contributed by atoms with Gasteiger partial charge in [0.15, 0.2) is 6.23 Å². The molecule has 1 aliphatic heterocycles. The molecular weight excluding hydrogens is 267 g/mol. The zero-order valence-electron chi connectivity index (χ0n) is 9.94. The SMILES string of the molecule is NC1Oc2ccccc2C1(N)c1ccc(F)c(Cl)c1. The Morgan fingerprint density at radius 2 is 1.95 bits per heavy atom. The first-order valence-electron chi connectivity index (χ1n) is 5.79. The lowest BCUT2D eigenvalue weighted by molar-refractivity contribution is 0.177. The standard InChI is InChI=1S/C14H12ClFN2O/c15-10-7-8(5-6-11(10)16)14(18)9-3-1-2-4-12(9)19-13(14)17/h1-7,13H,17-18H2. The second kappa shape index (κ2) is 4.20. The lowest BCUT2D eigenvalue weighted by Crippen LogP contribution is -2.52. The summed E-state index contributed by atoms with van der Waals surface area (Å²) < 4.78 is 18.8. The highest BCUT2D eigenvalue weighted by Gasteiger charge is 2.45. The van der Waals surface area contributed by atoms with Crippen molar-refractivity contribution in [3.05, 3.63) is 64.4 Å². The second-order valence-corrected chi connectivity index (χ2v) is 4.94. The minimum Gasteiger partial charge on any atom is -0.472 e. The Kier molecular flexibility index (Phi) is 2.74. The number of hydrogen-bond acceptors (Lipinski definition) is 3. The summed E-state index contributed by atoms with van der Waals surface area (Å²) in [5, 5.41) is 0.0129. The van der Waals surface area contributed by atoms with Crippen molar-refractivity contribution in [1.82, 2.24) is 0 Å². The van der Waals surface area contributed by atoms with Crippen LogP contribution in [-0.4, -0.2) is 6.23 Å². The Morgan fingerprint density at radius 1 is 1.21 bits per heavy atom. The van der Waals surface area contributed by atoms with Gasteiger partial charge in [0.2, 0.25) is 0 Å². The van der Waals surface area contributed by atoms with E-state index in [1.807, 2.05) is 18.2 Å². The Balaban J connectivity index is 2.19. The lowest BCUT2D eigenvalue weighted by Gasteiger charge is -2.28. The molecule has 0 bridgehead atoms. The van der Waals surface area contributed by atoms with E-state index in [1.54, 1.807) is 12.1 Å². The highest BCUT2D eigenvalue weighted by molar-refractivity contribution is 6.30. The predicted molar refractivity (Wildman–Crippen MR) is 71.4 cm³/mol. The van der Waals surface area contributed by atoms with Crippen LogP contribution >= 0.6 is 11.6 Å². The number of halogens is 2. The second-order valence-electron chi connectivity index (χ2n) is 4.53. The molecule has 0 saturated carbocycles. The highest BCUT2D eigenvalue weighted by atomic mass is 35.5. The molecule has 0 spiro atoms. The highest BCUT2D eigenvalue weighted by Crippen LogP contribution is 2.42. The average molecular weight is 279 g/mol. The first kappa shape index (κ1) is 12.4. The molecule has 5 heteroatoms. The van der Waals surface area contributed by atoms with Gasteiger partial charge in [-0.1, -0.05) is 35.9 Å². The fourth-order valence-corrected chi connectivity index (χ4v) is 2.55. The maximum atomic E-state index is 13.3. The molecule has 2 aromatic rings. The molecule has 0 amide bonds. The van der Waals surface area contributed by atoms with Crippen molar-refractivity contribution < 1.29 is 9.13 Å². The molecule has 0 aromatic heterocycles. The number of ether oxygens (including phenoxy) is 1. The Bertz CT molecular complexity index is 649. The number of hydrogen-bond donors (Lipinski definition) is 2. The predicted octanol–water partition coefficient (Wildman–Crippen LogP) is 2.36. The Labute approximate surface area is 114 Å². The van der Waals surface area contributed by atoms with Gasteiger partial charge in [-0.25, -0.2) is 4.39 Å². The minimum absolute atomic E-state index is 0.0129. The van der Waals surface area contributed by atoms with Gasteiger partial charge in [0, 0.05) is 5.56 Å². The Morgan fingerprint density at radius 3 is 2.68 bits per heavy atom. The summed E-state index contributed by atoms with van der Waals surface area (Å²) in [6.07, 6.45) is -0.744. The van der Waals surface area contributed by atoms with Crippen LogP contribution < -0.4 is 16.2 Å². The largest absolute Gasteiger partial charge is 0.472 e. The number of benzene rings is 2. The van der Waals surface area contributed by atoms with Crippen LogP contribution in [0, 0.1) is 5.82 Å². The average Bonchev–Trinajstić information content (AvgIpc) is 2.66. The molecule has 0 fully saturated rings. The van der Waals surface area contributed by atoms with Crippen molar-refractivity contribution in [2.75, 3.05) is 0 Å². The van der Waals surface area contributed by atoms with Crippen LogP contribution in [0.15, 0.2) is 42.5 Å². The van der Waals surface area contributed by atoms with Gasteiger partial charge in [-0.05, 0) is 23.8 Å². The molecule has 1 aliphatic rings. The summed E-state index contributed by atoms with van der Waals surface area (Å²) in [4.78, 5) is 0. The van der Waals surface area contributed by atoms with Gasteiger partial charge >= 0.3 is 0 Å². The molecule has 2 unspecified atom stereocenters. The molecule has 2 atom stereocenters. The van der Waals surface area contributed by atoms with Gasteiger partial charge in [-0.15, -0.1) is 0 Å². The summed E-state index contributed by atoms with van der Waals surface area (Å²) in [6.45, 7) is 0. The summed E-state index contributed by atoms with van der Waals surface area (Å²) >= 11 is 5.82. The normalized spacial score (nSPS) is 24.9. The molecule has 0 radical (unpaired) electrons. The van der Waals surface area contributed by atoms with E-state index in [4.69, 9.17) is 27.8 Å². The molecule has 98 valence electrons.